The molecule has 0 aromatic heterocycles. The summed E-state index contributed by atoms with van der Waals surface area (Å²) in [6, 6.07) is 3.37. The number of piperidine rings is 1. The molecule has 1 N–H and O–H groups in total. The van der Waals surface area contributed by atoms with E-state index in [4.69, 9.17) is 21.1 Å². The second-order valence-electron chi connectivity index (χ2n) is 5.72. The highest BCUT2D eigenvalue weighted by Crippen LogP contribution is 2.37. The van der Waals surface area contributed by atoms with Crippen LogP contribution < -0.4 is 14.8 Å². The summed E-state index contributed by atoms with van der Waals surface area (Å²) in [5, 5.41) is 3.60. The van der Waals surface area contributed by atoms with E-state index >= 15 is 0 Å². The molecule has 136 valence electrons. The number of hydrogen-bond acceptors (Lipinski definition) is 4. The molecule has 24 heavy (non-hydrogen) atoms. The van der Waals surface area contributed by atoms with Crippen molar-refractivity contribution >= 4 is 29.9 Å². The van der Waals surface area contributed by atoms with Crippen LogP contribution in [0.1, 0.15) is 30.1 Å². The third-order valence-corrected chi connectivity index (χ3v) is 4.44. The summed E-state index contributed by atoms with van der Waals surface area (Å²) >= 11 is 6.26. The zero-order chi connectivity index (χ0) is 16.8. The molecule has 1 aliphatic heterocycles. The van der Waals surface area contributed by atoms with Crippen molar-refractivity contribution in [2.45, 2.75) is 19.8 Å². The number of carbonyl (C=O) groups is 1. The SMILES string of the molecule is CCOc1c(Cl)cc(C(=O)N2CCC(CNC)CC2)cc1OC.Cl. The molecular weight excluding hydrogens is 351 g/mol. The molecule has 1 fully saturated rings. The number of carbonyl (C=O) groups excluding carboxylic acids is 1. The van der Waals surface area contributed by atoms with Gasteiger partial charge in [-0.3, -0.25) is 4.79 Å². The summed E-state index contributed by atoms with van der Waals surface area (Å²) in [5.74, 6) is 1.62. The molecule has 2 rings (SSSR count). The maximum atomic E-state index is 12.7. The summed E-state index contributed by atoms with van der Waals surface area (Å²) in [6.07, 6.45) is 2.04. The van der Waals surface area contributed by atoms with Crippen LogP contribution in [-0.4, -0.2) is 51.2 Å². The maximum Gasteiger partial charge on any atom is 0.254 e. The first-order valence-corrected chi connectivity index (χ1v) is 8.42. The minimum Gasteiger partial charge on any atom is -0.493 e. The van der Waals surface area contributed by atoms with E-state index in [-0.39, 0.29) is 18.3 Å². The van der Waals surface area contributed by atoms with Crippen molar-refractivity contribution in [1.29, 1.82) is 0 Å². The van der Waals surface area contributed by atoms with Crippen molar-refractivity contribution < 1.29 is 14.3 Å². The Labute approximate surface area is 155 Å². The molecule has 1 saturated heterocycles. The fourth-order valence-electron chi connectivity index (χ4n) is 2.94. The lowest BCUT2D eigenvalue weighted by molar-refractivity contribution is 0.0690. The first-order valence-electron chi connectivity index (χ1n) is 8.04. The Morgan fingerprint density at radius 1 is 1.38 bits per heavy atom. The van der Waals surface area contributed by atoms with Crippen LogP contribution in [0, 0.1) is 5.92 Å². The lowest BCUT2D eigenvalue weighted by Crippen LogP contribution is -2.40. The number of nitrogens with zero attached hydrogens (tertiary/aromatic N) is 1. The second-order valence-corrected chi connectivity index (χ2v) is 6.12. The summed E-state index contributed by atoms with van der Waals surface area (Å²) in [4.78, 5) is 14.6. The van der Waals surface area contributed by atoms with Crippen molar-refractivity contribution in [2.75, 3.05) is 40.4 Å². The molecule has 1 aromatic rings. The number of halogens is 2. The molecule has 7 heteroatoms. The van der Waals surface area contributed by atoms with Gasteiger partial charge in [-0.05, 0) is 51.4 Å². The first-order chi connectivity index (χ1) is 11.1. The number of rotatable bonds is 6. The molecule has 0 spiro atoms. The minimum atomic E-state index is -0.00356. The van der Waals surface area contributed by atoms with Crippen molar-refractivity contribution in [3.63, 3.8) is 0 Å². The van der Waals surface area contributed by atoms with E-state index in [1.165, 1.54) is 0 Å². The highest BCUT2D eigenvalue weighted by Gasteiger charge is 2.25. The number of likely N-dealkylation sites (tertiary alicyclic amines) is 1. The molecule has 0 radical (unpaired) electrons. The van der Waals surface area contributed by atoms with Gasteiger partial charge in [0, 0.05) is 18.7 Å². The van der Waals surface area contributed by atoms with Gasteiger partial charge in [-0.25, -0.2) is 0 Å². The molecule has 0 bridgehead atoms. The highest BCUT2D eigenvalue weighted by molar-refractivity contribution is 6.32. The molecule has 1 heterocycles. The van der Waals surface area contributed by atoms with Crippen LogP contribution >= 0.6 is 24.0 Å². The average Bonchev–Trinajstić information content (AvgIpc) is 2.57. The topological polar surface area (TPSA) is 50.8 Å². The predicted molar refractivity (Wildman–Crippen MR) is 99.0 cm³/mol. The average molecular weight is 377 g/mol. The molecule has 0 unspecified atom stereocenters. The molecule has 1 aliphatic rings. The lowest BCUT2D eigenvalue weighted by atomic mass is 9.96. The first kappa shape index (κ1) is 20.9. The molecule has 1 aromatic carbocycles. The number of nitrogens with one attached hydrogen (secondary N) is 1. The number of ether oxygens (including phenoxy) is 2. The third-order valence-electron chi connectivity index (χ3n) is 4.16. The lowest BCUT2D eigenvalue weighted by Gasteiger charge is -2.32. The number of hydrogen-bond donors (Lipinski definition) is 1. The zero-order valence-corrected chi connectivity index (χ0v) is 16.0. The molecule has 1 amide bonds. The Hall–Kier alpha value is -1.17. The summed E-state index contributed by atoms with van der Waals surface area (Å²) in [5.41, 5.74) is 0.544. The van der Waals surface area contributed by atoms with Gasteiger partial charge in [-0.2, -0.15) is 0 Å². The van der Waals surface area contributed by atoms with Crippen molar-refractivity contribution in [3.8, 4) is 11.5 Å². The number of methoxy groups -OCH3 is 1. The van der Waals surface area contributed by atoms with Gasteiger partial charge in [-0.15, -0.1) is 12.4 Å². The molecule has 5 nitrogen and oxygen atoms in total. The van der Waals surface area contributed by atoms with E-state index < -0.39 is 0 Å². The third kappa shape index (κ3) is 4.91. The maximum absolute atomic E-state index is 12.7. The zero-order valence-electron chi connectivity index (χ0n) is 14.4. The Kier molecular flexibility index (Phi) is 8.67. The van der Waals surface area contributed by atoms with E-state index in [2.05, 4.69) is 5.32 Å². The fourth-order valence-corrected chi connectivity index (χ4v) is 3.20. The van der Waals surface area contributed by atoms with Crippen LogP contribution in [0.3, 0.4) is 0 Å². The fraction of sp³-hybridized carbons (Fsp3) is 0.588. The predicted octanol–water partition coefficient (Wildman–Crippen LogP) is 3.24. The van der Waals surface area contributed by atoms with Crippen LogP contribution in [0.15, 0.2) is 12.1 Å². The Bertz CT molecular complexity index is 547. The van der Waals surface area contributed by atoms with Crippen LogP contribution in [-0.2, 0) is 0 Å². The number of benzene rings is 1. The van der Waals surface area contributed by atoms with Gasteiger partial charge >= 0.3 is 0 Å². The Morgan fingerprint density at radius 2 is 2.04 bits per heavy atom. The quantitative estimate of drug-likeness (QED) is 0.827. The van der Waals surface area contributed by atoms with Gasteiger partial charge in [0.05, 0.1) is 18.7 Å². The van der Waals surface area contributed by atoms with Crippen LogP contribution in [0.25, 0.3) is 0 Å². The highest BCUT2D eigenvalue weighted by atomic mass is 35.5. The van der Waals surface area contributed by atoms with Crippen LogP contribution in [0.2, 0.25) is 5.02 Å². The smallest absolute Gasteiger partial charge is 0.254 e. The van der Waals surface area contributed by atoms with Gasteiger partial charge < -0.3 is 19.7 Å². The van der Waals surface area contributed by atoms with E-state index in [0.717, 1.165) is 32.5 Å². The summed E-state index contributed by atoms with van der Waals surface area (Å²) in [6.45, 7) is 4.92. The van der Waals surface area contributed by atoms with E-state index in [9.17, 15) is 4.79 Å². The van der Waals surface area contributed by atoms with E-state index in [0.29, 0.717) is 34.6 Å². The van der Waals surface area contributed by atoms with Gasteiger partial charge in [0.15, 0.2) is 11.5 Å². The van der Waals surface area contributed by atoms with Crippen molar-refractivity contribution in [3.05, 3.63) is 22.7 Å². The van der Waals surface area contributed by atoms with Crippen molar-refractivity contribution in [2.24, 2.45) is 5.92 Å². The van der Waals surface area contributed by atoms with Crippen LogP contribution in [0.4, 0.5) is 0 Å². The minimum absolute atomic E-state index is 0. The molecule has 0 atom stereocenters. The largest absolute Gasteiger partial charge is 0.493 e. The molecular formula is C17H26Cl2N2O3. The second kappa shape index (κ2) is 9.97. The van der Waals surface area contributed by atoms with Gasteiger partial charge in [0.1, 0.15) is 0 Å². The molecule has 0 saturated carbocycles. The van der Waals surface area contributed by atoms with Gasteiger partial charge in [-0.1, -0.05) is 11.6 Å². The standard InChI is InChI=1S/C17H25ClN2O3.ClH/c1-4-23-16-14(18)9-13(10-15(16)22-3)17(21)20-7-5-12(6-8-20)11-19-2;/h9-10,12,19H,4-8,11H2,1-3H3;1H. The van der Waals surface area contributed by atoms with Gasteiger partial charge in [0.2, 0.25) is 0 Å². The Morgan fingerprint density at radius 3 is 2.58 bits per heavy atom. The monoisotopic (exact) mass is 376 g/mol. The number of amides is 1. The summed E-state index contributed by atoms with van der Waals surface area (Å²) in [7, 11) is 3.51. The molecule has 0 aliphatic carbocycles. The van der Waals surface area contributed by atoms with E-state index in [1.807, 2.05) is 18.9 Å². The van der Waals surface area contributed by atoms with Crippen LogP contribution in [0.5, 0.6) is 11.5 Å². The Balaban J connectivity index is 0.00000288. The normalized spacial score (nSPS) is 14.9. The van der Waals surface area contributed by atoms with Crippen molar-refractivity contribution in [1.82, 2.24) is 10.2 Å². The van der Waals surface area contributed by atoms with Gasteiger partial charge in [0.25, 0.3) is 5.91 Å². The van der Waals surface area contributed by atoms with E-state index in [1.54, 1.807) is 19.2 Å². The summed E-state index contributed by atoms with van der Waals surface area (Å²) < 4.78 is 10.8.